The first kappa shape index (κ1) is 16.8. The summed E-state index contributed by atoms with van der Waals surface area (Å²) in [5.74, 6) is 0.0313. The number of fused-ring (bicyclic) bond motifs is 1. The SMILES string of the molecule is Cc1ccc(S(=O)(=O)N2CCC(c3c[nH]c4cc(F)ccc34)CC2)s1. The molecule has 132 valence electrons. The molecular formula is C18H19FN2O2S2. The molecule has 0 saturated carbocycles. The lowest BCUT2D eigenvalue weighted by molar-refractivity contribution is 0.321. The summed E-state index contributed by atoms with van der Waals surface area (Å²) >= 11 is 1.32. The Labute approximate surface area is 150 Å². The Morgan fingerprint density at radius 2 is 1.96 bits per heavy atom. The second-order valence-electron chi connectivity index (χ2n) is 6.48. The quantitative estimate of drug-likeness (QED) is 0.741. The molecular weight excluding hydrogens is 359 g/mol. The summed E-state index contributed by atoms with van der Waals surface area (Å²) in [4.78, 5) is 4.13. The third kappa shape index (κ3) is 3.01. The van der Waals surface area contributed by atoms with E-state index in [0.29, 0.717) is 17.3 Å². The van der Waals surface area contributed by atoms with Gasteiger partial charge in [-0.1, -0.05) is 0 Å². The molecule has 1 aromatic carbocycles. The first-order chi connectivity index (χ1) is 11.9. The Bertz CT molecular complexity index is 1010. The van der Waals surface area contributed by atoms with Crippen molar-refractivity contribution in [3.63, 3.8) is 0 Å². The predicted molar refractivity (Wildman–Crippen MR) is 98.0 cm³/mol. The highest BCUT2D eigenvalue weighted by molar-refractivity contribution is 7.91. The highest BCUT2D eigenvalue weighted by Gasteiger charge is 2.31. The molecule has 4 nitrogen and oxygen atoms in total. The van der Waals surface area contributed by atoms with Crippen molar-refractivity contribution in [3.8, 4) is 0 Å². The van der Waals surface area contributed by atoms with E-state index >= 15 is 0 Å². The third-order valence-corrected chi connectivity index (χ3v) is 8.25. The van der Waals surface area contributed by atoms with E-state index in [0.717, 1.165) is 34.2 Å². The van der Waals surface area contributed by atoms with Gasteiger partial charge in [0.15, 0.2) is 0 Å². The summed E-state index contributed by atoms with van der Waals surface area (Å²) in [6, 6.07) is 8.30. The molecule has 1 N–H and O–H groups in total. The molecule has 0 unspecified atom stereocenters. The van der Waals surface area contributed by atoms with Crippen LogP contribution in [0.1, 0.15) is 29.2 Å². The van der Waals surface area contributed by atoms with Gasteiger partial charge in [0.25, 0.3) is 10.0 Å². The summed E-state index contributed by atoms with van der Waals surface area (Å²) in [5.41, 5.74) is 1.94. The van der Waals surface area contributed by atoms with Crippen LogP contribution in [0.15, 0.2) is 40.7 Å². The lowest BCUT2D eigenvalue weighted by atomic mass is 9.90. The van der Waals surface area contributed by atoms with Gasteiger partial charge in [-0.05, 0) is 61.6 Å². The van der Waals surface area contributed by atoms with E-state index in [2.05, 4.69) is 4.98 Å². The minimum absolute atomic E-state index is 0.256. The van der Waals surface area contributed by atoms with Crippen molar-refractivity contribution in [2.45, 2.75) is 29.9 Å². The number of aryl methyl sites for hydroxylation is 1. The largest absolute Gasteiger partial charge is 0.361 e. The van der Waals surface area contributed by atoms with Crippen LogP contribution in [0.2, 0.25) is 0 Å². The molecule has 2 aromatic heterocycles. The molecule has 0 radical (unpaired) electrons. The number of H-pyrrole nitrogens is 1. The smallest absolute Gasteiger partial charge is 0.252 e. The van der Waals surface area contributed by atoms with Gasteiger partial charge in [0.2, 0.25) is 0 Å². The standard InChI is InChI=1S/C18H19FN2O2S2/c1-12-2-5-18(24-12)25(22,23)21-8-6-13(7-9-21)16-11-20-17-10-14(19)3-4-15(16)17/h2-5,10-11,13,20H,6-9H2,1H3. The van der Waals surface area contributed by atoms with Crippen LogP contribution in [0.25, 0.3) is 10.9 Å². The molecule has 0 atom stereocenters. The fourth-order valence-corrected chi connectivity index (χ4v) is 6.45. The fourth-order valence-electron chi connectivity index (χ4n) is 3.54. The molecule has 1 aliphatic rings. The number of halogens is 1. The van der Waals surface area contributed by atoms with Gasteiger partial charge in [-0.3, -0.25) is 0 Å². The molecule has 3 heterocycles. The zero-order chi connectivity index (χ0) is 17.6. The highest BCUT2D eigenvalue weighted by Crippen LogP contribution is 2.35. The molecule has 0 aliphatic carbocycles. The predicted octanol–water partition coefficient (Wildman–Crippen LogP) is 4.25. The Morgan fingerprint density at radius 1 is 1.20 bits per heavy atom. The van der Waals surface area contributed by atoms with Crippen molar-refractivity contribution >= 4 is 32.3 Å². The van der Waals surface area contributed by atoms with Gasteiger partial charge in [0, 0.05) is 35.1 Å². The van der Waals surface area contributed by atoms with Crippen LogP contribution in [0.3, 0.4) is 0 Å². The number of benzene rings is 1. The number of hydrogen-bond donors (Lipinski definition) is 1. The van der Waals surface area contributed by atoms with Crippen molar-refractivity contribution in [2.75, 3.05) is 13.1 Å². The van der Waals surface area contributed by atoms with Crippen molar-refractivity contribution in [3.05, 3.63) is 52.8 Å². The first-order valence-electron chi connectivity index (χ1n) is 8.28. The second-order valence-corrected chi connectivity index (χ2v) is 9.93. The number of aromatic nitrogens is 1. The normalized spacial score (nSPS) is 17.4. The number of piperidine rings is 1. The third-order valence-electron chi connectivity index (χ3n) is 4.88. The van der Waals surface area contributed by atoms with Gasteiger partial charge < -0.3 is 4.98 Å². The first-order valence-corrected chi connectivity index (χ1v) is 10.5. The number of sulfonamides is 1. The molecule has 0 spiro atoms. The molecule has 1 saturated heterocycles. The van der Waals surface area contributed by atoms with E-state index in [1.165, 1.54) is 23.5 Å². The number of aromatic amines is 1. The molecule has 4 rings (SSSR count). The Morgan fingerprint density at radius 3 is 2.64 bits per heavy atom. The van der Waals surface area contributed by atoms with Gasteiger partial charge in [0.1, 0.15) is 10.0 Å². The molecule has 1 aliphatic heterocycles. The minimum Gasteiger partial charge on any atom is -0.361 e. The van der Waals surface area contributed by atoms with Crippen molar-refractivity contribution < 1.29 is 12.8 Å². The number of nitrogens with zero attached hydrogens (tertiary/aromatic N) is 1. The molecule has 7 heteroatoms. The molecule has 3 aromatic rings. The summed E-state index contributed by atoms with van der Waals surface area (Å²) in [6.45, 7) is 2.94. The lowest BCUT2D eigenvalue weighted by Crippen LogP contribution is -2.37. The van der Waals surface area contributed by atoms with Crippen LogP contribution < -0.4 is 0 Å². The Kier molecular flexibility index (Phi) is 4.17. The van der Waals surface area contributed by atoms with E-state index in [4.69, 9.17) is 0 Å². The van der Waals surface area contributed by atoms with E-state index in [1.807, 2.05) is 19.2 Å². The lowest BCUT2D eigenvalue weighted by Gasteiger charge is -2.30. The van der Waals surface area contributed by atoms with E-state index in [1.54, 1.807) is 16.4 Å². The number of nitrogens with one attached hydrogen (secondary N) is 1. The fraction of sp³-hybridized carbons (Fsp3) is 0.333. The van der Waals surface area contributed by atoms with Crippen LogP contribution in [-0.2, 0) is 10.0 Å². The number of hydrogen-bond acceptors (Lipinski definition) is 3. The maximum Gasteiger partial charge on any atom is 0.252 e. The zero-order valence-electron chi connectivity index (χ0n) is 13.8. The minimum atomic E-state index is -3.39. The van der Waals surface area contributed by atoms with E-state index < -0.39 is 10.0 Å². The maximum atomic E-state index is 13.3. The van der Waals surface area contributed by atoms with Crippen LogP contribution >= 0.6 is 11.3 Å². The second kappa shape index (κ2) is 6.23. The van der Waals surface area contributed by atoms with Crippen molar-refractivity contribution in [1.29, 1.82) is 0 Å². The average molecular weight is 378 g/mol. The Balaban J connectivity index is 1.53. The van der Waals surface area contributed by atoms with Crippen LogP contribution in [0.5, 0.6) is 0 Å². The highest BCUT2D eigenvalue weighted by atomic mass is 32.2. The average Bonchev–Trinajstić information content (AvgIpc) is 3.21. The van der Waals surface area contributed by atoms with Gasteiger partial charge in [-0.25, -0.2) is 12.8 Å². The van der Waals surface area contributed by atoms with Crippen molar-refractivity contribution in [1.82, 2.24) is 9.29 Å². The number of rotatable bonds is 3. The topological polar surface area (TPSA) is 53.2 Å². The van der Waals surface area contributed by atoms with Gasteiger partial charge >= 0.3 is 0 Å². The van der Waals surface area contributed by atoms with Crippen LogP contribution in [-0.4, -0.2) is 30.8 Å². The molecule has 0 bridgehead atoms. The van der Waals surface area contributed by atoms with E-state index in [9.17, 15) is 12.8 Å². The van der Waals surface area contributed by atoms with Crippen molar-refractivity contribution in [2.24, 2.45) is 0 Å². The van der Waals surface area contributed by atoms with Crippen LogP contribution in [0.4, 0.5) is 4.39 Å². The van der Waals surface area contributed by atoms with Gasteiger partial charge in [0.05, 0.1) is 0 Å². The van der Waals surface area contributed by atoms with Crippen LogP contribution in [0, 0.1) is 12.7 Å². The van der Waals surface area contributed by atoms with E-state index in [-0.39, 0.29) is 11.7 Å². The van der Waals surface area contributed by atoms with Gasteiger partial charge in [-0.15, -0.1) is 11.3 Å². The summed E-state index contributed by atoms with van der Waals surface area (Å²) < 4.78 is 40.8. The monoisotopic (exact) mass is 378 g/mol. The maximum absolute atomic E-state index is 13.3. The molecule has 1 fully saturated rings. The Hall–Kier alpha value is -1.70. The molecule has 0 amide bonds. The molecule has 25 heavy (non-hydrogen) atoms. The summed E-state index contributed by atoms with van der Waals surface area (Å²) in [7, 11) is -3.39. The summed E-state index contributed by atoms with van der Waals surface area (Å²) in [5, 5.41) is 1.02. The summed E-state index contributed by atoms with van der Waals surface area (Å²) in [6.07, 6.45) is 3.48. The van der Waals surface area contributed by atoms with Gasteiger partial charge in [-0.2, -0.15) is 4.31 Å². The number of thiophene rings is 1. The zero-order valence-corrected chi connectivity index (χ0v) is 15.5.